The molecule has 0 aliphatic carbocycles. The second kappa shape index (κ2) is 7.31. The molecule has 2 heterocycles. The van der Waals surface area contributed by atoms with Crippen LogP contribution in [0.4, 0.5) is 5.82 Å². The van der Waals surface area contributed by atoms with Gasteiger partial charge in [0, 0.05) is 24.5 Å². The molecule has 1 aromatic carbocycles. The highest BCUT2D eigenvalue weighted by Gasteiger charge is 2.15. The van der Waals surface area contributed by atoms with Crippen molar-refractivity contribution in [1.82, 2.24) is 9.97 Å². The molecule has 0 aliphatic heterocycles. The van der Waals surface area contributed by atoms with E-state index >= 15 is 0 Å². The monoisotopic (exact) mass is 339 g/mol. The third-order valence-corrected chi connectivity index (χ3v) is 5.33. The molecule has 3 nitrogen and oxygen atoms in total. The van der Waals surface area contributed by atoms with Crippen molar-refractivity contribution in [2.45, 2.75) is 39.5 Å². The smallest absolute Gasteiger partial charge is 0.141 e. The number of benzene rings is 1. The van der Waals surface area contributed by atoms with Gasteiger partial charge in [-0.1, -0.05) is 51.5 Å². The molecule has 0 bridgehead atoms. The molecule has 0 unspecified atom stereocenters. The molecular weight excluding hydrogens is 314 g/mol. The summed E-state index contributed by atoms with van der Waals surface area (Å²) in [7, 11) is 2.13. The summed E-state index contributed by atoms with van der Waals surface area (Å²) in [5, 5.41) is 3.39. The average Bonchev–Trinajstić information content (AvgIpc) is 3.03. The van der Waals surface area contributed by atoms with Crippen LogP contribution in [0, 0.1) is 0 Å². The average molecular weight is 340 g/mol. The van der Waals surface area contributed by atoms with Crippen LogP contribution in [0.3, 0.4) is 0 Å². The fraction of sp³-hybridized carbons (Fsp3) is 0.400. The number of aromatic nitrogens is 2. The first-order valence-electron chi connectivity index (χ1n) is 8.65. The van der Waals surface area contributed by atoms with Crippen LogP contribution in [-0.2, 0) is 0 Å². The van der Waals surface area contributed by atoms with Crippen LogP contribution in [0.25, 0.3) is 21.3 Å². The summed E-state index contributed by atoms with van der Waals surface area (Å²) in [6.07, 6.45) is 4.04. The summed E-state index contributed by atoms with van der Waals surface area (Å²) in [6.45, 7) is 7.69. The van der Waals surface area contributed by atoms with Gasteiger partial charge in [0.15, 0.2) is 0 Å². The Hall–Kier alpha value is -1.94. The lowest BCUT2D eigenvalue weighted by atomic mass is 9.99. The first-order valence-corrected chi connectivity index (χ1v) is 9.53. The van der Waals surface area contributed by atoms with Crippen molar-refractivity contribution < 1.29 is 0 Å². The minimum atomic E-state index is 0.553. The van der Waals surface area contributed by atoms with Gasteiger partial charge in [-0.25, -0.2) is 9.97 Å². The standard InChI is InChI=1S/C20H25N3S/c1-5-6-11-23(4)19-18-17(12-24-20(18)22-13-21-19)16-9-7-15(8-10-16)14(2)3/h7-10,12-14H,5-6,11H2,1-4H3. The van der Waals surface area contributed by atoms with Gasteiger partial charge in [-0.2, -0.15) is 0 Å². The van der Waals surface area contributed by atoms with Crippen molar-refractivity contribution in [2.75, 3.05) is 18.5 Å². The van der Waals surface area contributed by atoms with E-state index in [1.165, 1.54) is 34.9 Å². The van der Waals surface area contributed by atoms with E-state index in [-0.39, 0.29) is 0 Å². The van der Waals surface area contributed by atoms with Crippen LogP contribution in [-0.4, -0.2) is 23.6 Å². The number of anilines is 1. The van der Waals surface area contributed by atoms with Gasteiger partial charge in [0.25, 0.3) is 0 Å². The summed E-state index contributed by atoms with van der Waals surface area (Å²) in [4.78, 5) is 12.4. The predicted molar refractivity (Wildman–Crippen MR) is 105 cm³/mol. The minimum absolute atomic E-state index is 0.553. The van der Waals surface area contributed by atoms with E-state index < -0.39 is 0 Å². The Morgan fingerprint density at radius 1 is 1.12 bits per heavy atom. The molecule has 0 atom stereocenters. The van der Waals surface area contributed by atoms with E-state index in [2.05, 4.69) is 72.3 Å². The summed E-state index contributed by atoms with van der Waals surface area (Å²) in [5.74, 6) is 1.59. The quantitative estimate of drug-likeness (QED) is 0.575. The van der Waals surface area contributed by atoms with Crippen LogP contribution in [0.15, 0.2) is 36.0 Å². The Balaban J connectivity index is 2.05. The van der Waals surface area contributed by atoms with E-state index in [4.69, 9.17) is 0 Å². The molecule has 0 amide bonds. The maximum absolute atomic E-state index is 4.59. The fourth-order valence-corrected chi connectivity index (χ4v) is 3.82. The van der Waals surface area contributed by atoms with E-state index in [0.717, 1.165) is 17.2 Å². The minimum Gasteiger partial charge on any atom is -0.359 e. The molecule has 0 spiro atoms. The molecule has 3 aromatic rings. The molecule has 0 fully saturated rings. The summed E-state index contributed by atoms with van der Waals surface area (Å²) >= 11 is 1.70. The normalized spacial score (nSPS) is 11.4. The highest BCUT2D eigenvalue weighted by Crippen LogP contribution is 2.37. The summed E-state index contributed by atoms with van der Waals surface area (Å²) < 4.78 is 0. The molecule has 0 aliphatic rings. The molecule has 2 aromatic heterocycles. The summed E-state index contributed by atoms with van der Waals surface area (Å²) in [6, 6.07) is 8.90. The fourth-order valence-electron chi connectivity index (χ4n) is 2.91. The first-order chi connectivity index (χ1) is 11.6. The molecule has 0 N–H and O–H groups in total. The van der Waals surface area contributed by atoms with Crippen molar-refractivity contribution in [2.24, 2.45) is 0 Å². The highest BCUT2D eigenvalue weighted by atomic mass is 32.1. The number of thiophene rings is 1. The Morgan fingerprint density at radius 3 is 2.54 bits per heavy atom. The van der Waals surface area contributed by atoms with E-state index in [9.17, 15) is 0 Å². The van der Waals surface area contributed by atoms with E-state index in [1.807, 2.05) is 0 Å². The van der Waals surface area contributed by atoms with Crippen LogP contribution in [0.5, 0.6) is 0 Å². The first kappa shape index (κ1) is 16.9. The maximum Gasteiger partial charge on any atom is 0.141 e. The van der Waals surface area contributed by atoms with Gasteiger partial charge < -0.3 is 4.90 Å². The molecular formula is C20H25N3S. The molecule has 126 valence electrons. The number of unbranched alkanes of at least 4 members (excludes halogenated alkanes) is 1. The molecule has 0 saturated carbocycles. The number of fused-ring (bicyclic) bond motifs is 1. The zero-order chi connectivity index (χ0) is 17.1. The van der Waals surface area contributed by atoms with Crippen molar-refractivity contribution in [3.8, 4) is 11.1 Å². The molecule has 0 radical (unpaired) electrons. The SMILES string of the molecule is CCCCN(C)c1ncnc2scc(-c3ccc(C(C)C)cc3)c12. The van der Waals surface area contributed by atoms with E-state index in [0.29, 0.717) is 5.92 Å². The van der Waals surface area contributed by atoms with Gasteiger partial charge in [-0.3, -0.25) is 0 Å². The predicted octanol–water partition coefficient (Wildman–Crippen LogP) is 5.72. The van der Waals surface area contributed by atoms with Crippen molar-refractivity contribution in [3.05, 3.63) is 41.5 Å². The van der Waals surface area contributed by atoms with Gasteiger partial charge >= 0.3 is 0 Å². The maximum atomic E-state index is 4.59. The molecule has 4 heteroatoms. The molecule has 0 saturated heterocycles. The van der Waals surface area contributed by atoms with Gasteiger partial charge in [-0.15, -0.1) is 11.3 Å². The van der Waals surface area contributed by atoms with Crippen LogP contribution in [0.2, 0.25) is 0 Å². The number of nitrogens with zero attached hydrogens (tertiary/aromatic N) is 3. The lowest BCUT2D eigenvalue weighted by Gasteiger charge is -2.19. The van der Waals surface area contributed by atoms with Gasteiger partial charge in [0.1, 0.15) is 17.0 Å². The third-order valence-electron chi connectivity index (χ3n) is 4.45. The molecule has 3 rings (SSSR count). The second-order valence-corrected chi connectivity index (χ2v) is 7.44. The van der Waals surface area contributed by atoms with Gasteiger partial charge in [-0.05, 0) is 23.5 Å². The van der Waals surface area contributed by atoms with Crippen LogP contribution in [0.1, 0.15) is 45.1 Å². The van der Waals surface area contributed by atoms with Crippen LogP contribution >= 0.6 is 11.3 Å². The Morgan fingerprint density at radius 2 is 1.88 bits per heavy atom. The molecule has 24 heavy (non-hydrogen) atoms. The second-order valence-electron chi connectivity index (χ2n) is 6.58. The third kappa shape index (κ3) is 3.29. The van der Waals surface area contributed by atoms with Gasteiger partial charge in [0.05, 0.1) is 5.39 Å². The van der Waals surface area contributed by atoms with Crippen molar-refractivity contribution >= 4 is 27.4 Å². The Bertz CT molecular complexity index is 805. The Kier molecular flexibility index (Phi) is 5.14. The lowest BCUT2D eigenvalue weighted by Crippen LogP contribution is -2.19. The van der Waals surface area contributed by atoms with Gasteiger partial charge in [0.2, 0.25) is 0 Å². The number of hydrogen-bond donors (Lipinski definition) is 0. The number of hydrogen-bond acceptors (Lipinski definition) is 4. The Labute approximate surface area is 148 Å². The highest BCUT2D eigenvalue weighted by molar-refractivity contribution is 7.17. The van der Waals surface area contributed by atoms with E-state index in [1.54, 1.807) is 17.7 Å². The lowest BCUT2D eigenvalue weighted by molar-refractivity contribution is 0.761. The summed E-state index contributed by atoms with van der Waals surface area (Å²) in [5.41, 5.74) is 3.85. The van der Waals surface area contributed by atoms with Crippen molar-refractivity contribution in [3.63, 3.8) is 0 Å². The van der Waals surface area contributed by atoms with Crippen molar-refractivity contribution in [1.29, 1.82) is 0 Å². The topological polar surface area (TPSA) is 29.0 Å². The zero-order valence-corrected chi connectivity index (χ0v) is 15.7. The zero-order valence-electron chi connectivity index (χ0n) is 14.9. The number of rotatable bonds is 6. The van der Waals surface area contributed by atoms with Crippen LogP contribution < -0.4 is 4.90 Å². The largest absolute Gasteiger partial charge is 0.359 e.